The predicted molar refractivity (Wildman–Crippen MR) is 159 cm³/mol. The number of ether oxygens (including phenoxy) is 3. The molecule has 4 heterocycles. The normalized spacial score (nSPS) is 19.3. The van der Waals surface area contributed by atoms with Crippen molar-refractivity contribution >= 4 is 23.1 Å². The summed E-state index contributed by atoms with van der Waals surface area (Å²) in [5.74, 6) is -0.0988. The van der Waals surface area contributed by atoms with Gasteiger partial charge in [0.2, 0.25) is 0 Å². The second-order valence-electron chi connectivity index (χ2n) is 11.3. The Kier molecular flexibility index (Phi) is 8.84. The molecule has 2 saturated heterocycles. The first-order valence-corrected chi connectivity index (χ1v) is 14.5. The highest BCUT2D eigenvalue weighted by atomic mass is 16.5. The van der Waals surface area contributed by atoms with E-state index in [0.717, 1.165) is 25.1 Å². The number of pyridine rings is 1. The second kappa shape index (κ2) is 12.5. The van der Waals surface area contributed by atoms with Gasteiger partial charge in [0.25, 0.3) is 11.7 Å². The molecule has 42 heavy (non-hydrogen) atoms. The lowest BCUT2D eigenvalue weighted by atomic mass is 9.96. The van der Waals surface area contributed by atoms with Gasteiger partial charge in [-0.05, 0) is 55.5 Å². The molecule has 0 bridgehead atoms. The van der Waals surface area contributed by atoms with E-state index in [4.69, 9.17) is 19.2 Å². The zero-order valence-corrected chi connectivity index (χ0v) is 25.1. The minimum absolute atomic E-state index is 0.0154. The van der Waals surface area contributed by atoms with Gasteiger partial charge in [0.15, 0.2) is 17.3 Å². The highest BCUT2D eigenvalue weighted by Crippen LogP contribution is 2.42. The summed E-state index contributed by atoms with van der Waals surface area (Å²) in [5, 5.41) is 11.7. The van der Waals surface area contributed by atoms with E-state index in [-0.39, 0.29) is 17.0 Å². The quantitative estimate of drug-likeness (QED) is 0.218. The molecular weight excluding hydrogens is 536 g/mol. The number of amides is 1. The highest BCUT2D eigenvalue weighted by Gasteiger charge is 2.46. The van der Waals surface area contributed by atoms with Crippen LogP contribution in [-0.4, -0.2) is 89.1 Å². The van der Waals surface area contributed by atoms with Gasteiger partial charge < -0.3 is 28.6 Å². The summed E-state index contributed by atoms with van der Waals surface area (Å²) in [6.45, 7) is 12.2. The molecule has 10 nitrogen and oxygen atoms in total. The minimum Gasteiger partial charge on any atom is -0.505 e. The molecule has 1 atom stereocenters. The molecule has 2 aromatic heterocycles. The summed E-state index contributed by atoms with van der Waals surface area (Å²) in [7, 11) is 1.56. The van der Waals surface area contributed by atoms with Gasteiger partial charge in [-0.15, -0.1) is 0 Å². The van der Waals surface area contributed by atoms with Crippen LogP contribution in [0.3, 0.4) is 0 Å². The monoisotopic (exact) mass is 576 g/mol. The van der Waals surface area contributed by atoms with E-state index in [9.17, 15) is 14.7 Å². The van der Waals surface area contributed by atoms with E-state index in [0.29, 0.717) is 67.2 Å². The van der Waals surface area contributed by atoms with Crippen LogP contribution in [0.15, 0.2) is 42.1 Å². The Morgan fingerprint density at radius 1 is 1.12 bits per heavy atom. The van der Waals surface area contributed by atoms with Gasteiger partial charge >= 0.3 is 0 Å². The Balaban J connectivity index is 1.58. The number of likely N-dealkylation sites (tertiary alicyclic amines) is 1. The van der Waals surface area contributed by atoms with E-state index in [2.05, 4.69) is 18.7 Å². The molecule has 1 unspecified atom stereocenters. The number of morpholine rings is 1. The third-order valence-electron chi connectivity index (χ3n) is 8.07. The fraction of sp³-hybridized carbons (Fsp3) is 0.469. The number of rotatable bonds is 10. The van der Waals surface area contributed by atoms with Crippen molar-refractivity contribution in [1.82, 2.24) is 19.2 Å². The van der Waals surface area contributed by atoms with E-state index < -0.39 is 17.7 Å². The lowest BCUT2D eigenvalue weighted by Gasteiger charge is -2.31. The number of carbonyl (C=O) groups is 2. The smallest absolute Gasteiger partial charge is 0.295 e. The van der Waals surface area contributed by atoms with Crippen molar-refractivity contribution in [3.8, 4) is 11.5 Å². The molecule has 1 aromatic carbocycles. The van der Waals surface area contributed by atoms with Gasteiger partial charge in [0, 0.05) is 32.4 Å². The number of carbonyl (C=O) groups excluding carboxylic acids is 2. The number of hydrogen-bond acceptors (Lipinski definition) is 8. The van der Waals surface area contributed by atoms with Crippen molar-refractivity contribution in [3.05, 3.63) is 64.6 Å². The van der Waals surface area contributed by atoms with Crippen molar-refractivity contribution in [3.63, 3.8) is 0 Å². The molecule has 1 amide bonds. The maximum atomic E-state index is 13.7. The first-order valence-electron chi connectivity index (χ1n) is 14.5. The second-order valence-corrected chi connectivity index (χ2v) is 11.3. The fourth-order valence-corrected chi connectivity index (χ4v) is 5.58. The zero-order valence-electron chi connectivity index (χ0n) is 25.1. The molecule has 3 aromatic rings. The molecule has 0 spiro atoms. The van der Waals surface area contributed by atoms with E-state index in [1.54, 1.807) is 24.1 Å². The van der Waals surface area contributed by atoms with Crippen molar-refractivity contribution in [2.45, 2.75) is 40.2 Å². The summed E-state index contributed by atoms with van der Waals surface area (Å²) in [6.07, 6.45) is 2.76. The molecule has 5 rings (SSSR count). The number of aliphatic hydroxyl groups excluding tert-OH is 1. The predicted octanol–water partition coefficient (Wildman–Crippen LogP) is 4.14. The van der Waals surface area contributed by atoms with Crippen LogP contribution in [0.2, 0.25) is 0 Å². The summed E-state index contributed by atoms with van der Waals surface area (Å²) in [5.41, 5.74) is 3.22. The zero-order chi connectivity index (χ0) is 30.0. The third-order valence-corrected chi connectivity index (χ3v) is 8.07. The van der Waals surface area contributed by atoms with Crippen LogP contribution in [0.25, 0.3) is 11.4 Å². The molecule has 2 aliphatic heterocycles. The number of imidazole rings is 1. The van der Waals surface area contributed by atoms with E-state index in [1.807, 2.05) is 42.6 Å². The highest BCUT2D eigenvalue weighted by molar-refractivity contribution is 6.46. The average molecular weight is 577 g/mol. The number of ketones is 1. The van der Waals surface area contributed by atoms with Gasteiger partial charge in [-0.2, -0.15) is 0 Å². The largest absolute Gasteiger partial charge is 0.505 e. The van der Waals surface area contributed by atoms with Crippen LogP contribution in [0.1, 0.15) is 48.8 Å². The van der Waals surface area contributed by atoms with Crippen LogP contribution in [0.5, 0.6) is 11.5 Å². The molecule has 0 aliphatic carbocycles. The van der Waals surface area contributed by atoms with Crippen LogP contribution >= 0.6 is 0 Å². The standard InChI is InChI=1S/C32H40N4O6/c1-20(2)10-16-42-24-9-8-23(19-25(24)40-5)28-26(29(37)27-22(4)35-11-6-7-21(3)31(35)33-27)30(38)32(39)36(28)13-12-34-14-17-41-18-15-34/h6-9,11,19-20,28,37H,10,12-18H2,1-5H3/b29-26+. The molecule has 0 radical (unpaired) electrons. The number of methoxy groups -OCH3 is 1. The van der Waals surface area contributed by atoms with Crippen molar-refractivity contribution < 1.29 is 28.9 Å². The van der Waals surface area contributed by atoms with Crippen LogP contribution in [0.4, 0.5) is 0 Å². The molecule has 1 N–H and O–H groups in total. The Morgan fingerprint density at radius 3 is 2.57 bits per heavy atom. The van der Waals surface area contributed by atoms with E-state index in [1.165, 1.54) is 0 Å². The van der Waals surface area contributed by atoms with Gasteiger partial charge in [-0.1, -0.05) is 26.0 Å². The van der Waals surface area contributed by atoms with Gasteiger partial charge in [0.1, 0.15) is 11.3 Å². The molecule has 2 aliphatic rings. The summed E-state index contributed by atoms with van der Waals surface area (Å²) < 4.78 is 19.0. The molecule has 10 heteroatoms. The Bertz CT molecular complexity index is 1500. The number of aromatic nitrogens is 2. The summed E-state index contributed by atoms with van der Waals surface area (Å²) in [4.78, 5) is 35.7. The summed E-state index contributed by atoms with van der Waals surface area (Å²) >= 11 is 0. The number of nitrogens with zero attached hydrogens (tertiary/aromatic N) is 4. The number of aliphatic hydroxyl groups is 1. The lowest BCUT2D eigenvalue weighted by Crippen LogP contribution is -2.42. The van der Waals surface area contributed by atoms with Gasteiger partial charge in [0.05, 0.1) is 44.2 Å². The average Bonchev–Trinajstić information content (AvgIpc) is 3.46. The van der Waals surface area contributed by atoms with Crippen LogP contribution in [-0.2, 0) is 14.3 Å². The number of aryl methyl sites for hydroxylation is 2. The van der Waals surface area contributed by atoms with Crippen molar-refractivity contribution in [2.75, 3.05) is 53.1 Å². The Morgan fingerprint density at radius 2 is 1.88 bits per heavy atom. The molecular formula is C32H40N4O6. The van der Waals surface area contributed by atoms with Gasteiger partial charge in [-0.25, -0.2) is 4.98 Å². The first kappa shape index (κ1) is 29.6. The molecule has 224 valence electrons. The number of benzene rings is 1. The molecule has 2 fully saturated rings. The molecule has 0 saturated carbocycles. The van der Waals surface area contributed by atoms with Crippen LogP contribution in [0, 0.1) is 19.8 Å². The van der Waals surface area contributed by atoms with Crippen molar-refractivity contribution in [2.24, 2.45) is 5.92 Å². The van der Waals surface area contributed by atoms with Gasteiger partial charge in [-0.3, -0.25) is 14.5 Å². The lowest BCUT2D eigenvalue weighted by molar-refractivity contribution is -0.140. The SMILES string of the molecule is COc1cc(C2/C(=C(\O)c3nc4c(C)cccn4c3C)C(=O)C(=O)N2CCN2CCOCC2)ccc1OCCC(C)C. The van der Waals surface area contributed by atoms with E-state index >= 15 is 0 Å². The minimum atomic E-state index is -0.824. The third kappa shape index (κ3) is 5.73. The Labute approximate surface area is 246 Å². The fourth-order valence-electron chi connectivity index (χ4n) is 5.58. The maximum absolute atomic E-state index is 13.7. The Hall–Kier alpha value is -3.89. The number of fused-ring (bicyclic) bond motifs is 1. The first-order chi connectivity index (χ1) is 20.2. The number of Topliss-reactive ketones (excluding diaryl/α,β-unsaturated/α-hetero) is 1. The van der Waals surface area contributed by atoms with Crippen LogP contribution < -0.4 is 9.47 Å². The number of hydrogen-bond donors (Lipinski definition) is 1. The topological polar surface area (TPSA) is 106 Å². The maximum Gasteiger partial charge on any atom is 0.295 e. The summed E-state index contributed by atoms with van der Waals surface area (Å²) in [6, 6.07) is 8.44. The van der Waals surface area contributed by atoms with Crippen molar-refractivity contribution in [1.29, 1.82) is 0 Å².